The summed E-state index contributed by atoms with van der Waals surface area (Å²) in [6.07, 6.45) is 1.53. The highest BCUT2D eigenvalue weighted by Gasteiger charge is 2.17. The lowest BCUT2D eigenvalue weighted by Crippen LogP contribution is -2.19. The number of nitrogens with two attached hydrogens (primary N) is 1. The van der Waals surface area contributed by atoms with Crippen LogP contribution < -0.4 is 5.73 Å². The summed E-state index contributed by atoms with van der Waals surface area (Å²) in [5.74, 6) is 1.23. The highest BCUT2D eigenvalue weighted by Crippen LogP contribution is 2.18. The molecule has 1 atom stereocenters. The van der Waals surface area contributed by atoms with Gasteiger partial charge in [-0.25, -0.2) is 13.4 Å². The van der Waals surface area contributed by atoms with Crippen LogP contribution in [0.2, 0.25) is 0 Å². The van der Waals surface area contributed by atoms with Crippen LogP contribution in [-0.2, 0) is 16.9 Å². The molecule has 0 fully saturated rings. The third-order valence-corrected chi connectivity index (χ3v) is 3.94. The molecule has 1 aromatic carbocycles. The molecule has 1 heterocycles. The number of aromatic nitrogens is 3. The second kappa shape index (κ2) is 5.72. The zero-order valence-corrected chi connectivity index (χ0v) is 12.3. The summed E-state index contributed by atoms with van der Waals surface area (Å²) in [7, 11) is -1.26. The van der Waals surface area contributed by atoms with Gasteiger partial charge in [-0.2, -0.15) is 5.10 Å². The van der Waals surface area contributed by atoms with E-state index in [1.54, 1.807) is 11.7 Å². The molecule has 0 bridgehead atoms. The van der Waals surface area contributed by atoms with Crippen LogP contribution in [0, 0.1) is 0 Å². The molecular weight excluding hydrogens is 276 g/mol. The van der Waals surface area contributed by atoms with Gasteiger partial charge in [-0.15, -0.1) is 0 Å². The summed E-state index contributed by atoms with van der Waals surface area (Å²) in [6.45, 7) is 0. The van der Waals surface area contributed by atoms with Crippen molar-refractivity contribution >= 4 is 9.84 Å². The third kappa shape index (κ3) is 3.64. The third-order valence-electron chi connectivity index (χ3n) is 2.96. The van der Waals surface area contributed by atoms with E-state index in [9.17, 15) is 8.42 Å². The summed E-state index contributed by atoms with van der Waals surface area (Å²) < 4.78 is 24.0. The Labute approximate surface area is 118 Å². The zero-order valence-electron chi connectivity index (χ0n) is 11.5. The second-order valence-electron chi connectivity index (χ2n) is 4.81. The van der Waals surface area contributed by atoms with Crippen molar-refractivity contribution in [2.45, 2.75) is 12.5 Å². The van der Waals surface area contributed by atoms with Gasteiger partial charge in [-0.3, -0.25) is 4.68 Å². The first kappa shape index (κ1) is 14.7. The van der Waals surface area contributed by atoms with Crippen molar-refractivity contribution in [3.05, 3.63) is 36.2 Å². The van der Waals surface area contributed by atoms with E-state index in [0.29, 0.717) is 18.1 Å². The lowest BCUT2D eigenvalue weighted by atomic mass is 10.2. The molecule has 2 rings (SSSR count). The molecule has 0 aliphatic carbocycles. The standard InChI is InChI=1S/C13H18N4O2S/c1-17-13(11(14)8-9-20(2,18)19)15-12(16-17)10-6-4-3-5-7-10/h3-7,11H,8-9,14H2,1-2H3. The van der Waals surface area contributed by atoms with E-state index in [1.807, 2.05) is 30.3 Å². The Balaban J connectivity index is 2.19. The number of hydrogen-bond donors (Lipinski definition) is 1. The Morgan fingerprint density at radius 1 is 1.30 bits per heavy atom. The molecule has 0 spiro atoms. The second-order valence-corrected chi connectivity index (χ2v) is 7.07. The van der Waals surface area contributed by atoms with E-state index in [4.69, 9.17) is 5.73 Å². The van der Waals surface area contributed by atoms with Gasteiger partial charge in [0.05, 0.1) is 11.8 Å². The minimum Gasteiger partial charge on any atom is -0.321 e. The number of nitrogens with zero attached hydrogens (tertiary/aromatic N) is 3. The molecule has 6 nitrogen and oxygen atoms in total. The van der Waals surface area contributed by atoms with Crippen LogP contribution >= 0.6 is 0 Å². The monoisotopic (exact) mass is 294 g/mol. The molecule has 0 aliphatic rings. The quantitative estimate of drug-likeness (QED) is 0.885. The van der Waals surface area contributed by atoms with E-state index >= 15 is 0 Å². The molecule has 1 aromatic heterocycles. The van der Waals surface area contributed by atoms with E-state index < -0.39 is 15.9 Å². The van der Waals surface area contributed by atoms with E-state index in [-0.39, 0.29) is 5.75 Å². The first-order chi connectivity index (χ1) is 9.37. The fraction of sp³-hybridized carbons (Fsp3) is 0.385. The highest BCUT2D eigenvalue weighted by molar-refractivity contribution is 7.90. The molecule has 0 radical (unpaired) electrons. The predicted molar refractivity (Wildman–Crippen MR) is 77.7 cm³/mol. The fourth-order valence-electron chi connectivity index (χ4n) is 1.90. The van der Waals surface area contributed by atoms with Gasteiger partial charge < -0.3 is 5.73 Å². The summed E-state index contributed by atoms with van der Waals surface area (Å²) >= 11 is 0. The van der Waals surface area contributed by atoms with Crippen LogP contribution in [0.5, 0.6) is 0 Å². The molecule has 108 valence electrons. The Kier molecular flexibility index (Phi) is 4.20. The molecule has 2 N–H and O–H groups in total. The van der Waals surface area contributed by atoms with Gasteiger partial charge in [-0.1, -0.05) is 30.3 Å². The summed E-state index contributed by atoms with van der Waals surface area (Å²) in [4.78, 5) is 4.41. The lowest BCUT2D eigenvalue weighted by molar-refractivity contribution is 0.570. The first-order valence-electron chi connectivity index (χ1n) is 6.26. The smallest absolute Gasteiger partial charge is 0.181 e. The fourth-order valence-corrected chi connectivity index (χ4v) is 2.58. The number of benzene rings is 1. The van der Waals surface area contributed by atoms with Crippen LogP contribution in [0.3, 0.4) is 0 Å². The van der Waals surface area contributed by atoms with Crippen molar-refractivity contribution in [1.82, 2.24) is 14.8 Å². The van der Waals surface area contributed by atoms with Crippen LogP contribution in [0.15, 0.2) is 30.3 Å². The largest absolute Gasteiger partial charge is 0.321 e. The zero-order chi connectivity index (χ0) is 14.8. The van der Waals surface area contributed by atoms with Gasteiger partial charge in [-0.05, 0) is 6.42 Å². The molecule has 2 aromatic rings. The molecule has 0 saturated heterocycles. The average molecular weight is 294 g/mol. The first-order valence-corrected chi connectivity index (χ1v) is 8.32. The normalized spacial score (nSPS) is 13.3. The van der Waals surface area contributed by atoms with Crippen LogP contribution in [0.4, 0.5) is 0 Å². The van der Waals surface area contributed by atoms with E-state index in [2.05, 4.69) is 10.1 Å². The maximum Gasteiger partial charge on any atom is 0.181 e. The minimum atomic E-state index is -3.02. The number of aryl methyl sites for hydroxylation is 1. The van der Waals surface area contributed by atoms with Gasteiger partial charge in [0.15, 0.2) is 5.82 Å². The SMILES string of the molecule is Cn1nc(-c2ccccc2)nc1C(N)CCS(C)(=O)=O. The minimum absolute atomic E-state index is 0.0434. The Morgan fingerprint density at radius 2 is 1.95 bits per heavy atom. The van der Waals surface area contributed by atoms with Crippen molar-refractivity contribution in [1.29, 1.82) is 0 Å². The van der Waals surface area contributed by atoms with Crippen LogP contribution in [0.25, 0.3) is 11.4 Å². The molecular formula is C13H18N4O2S. The molecule has 0 amide bonds. The number of hydrogen-bond acceptors (Lipinski definition) is 5. The number of rotatable bonds is 5. The Hall–Kier alpha value is -1.73. The van der Waals surface area contributed by atoms with Gasteiger partial charge in [0.1, 0.15) is 15.7 Å². The van der Waals surface area contributed by atoms with Gasteiger partial charge in [0.25, 0.3) is 0 Å². The van der Waals surface area contributed by atoms with E-state index in [1.165, 1.54) is 6.26 Å². The average Bonchev–Trinajstić information content (AvgIpc) is 2.78. The predicted octanol–water partition coefficient (Wildman–Crippen LogP) is 0.917. The molecule has 1 unspecified atom stereocenters. The van der Waals surface area contributed by atoms with Crippen molar-refractivity contribution in [3.63, 3.8) is 0 Å². The van der Waals surface area contributed by atoms with Crippen molar-refractivity contribution < 1.29 is 8.42 Å². The van der Waals surface area contributed by atoms with Crippen LogP contribution in [0.1, 0.15) is 18.3 Å². The number of sulfone groups is 1. The molecule has 7 heteroatoms. The highest BCUT2D eigenvalue weighted by atomic mass is 32.2. The van der Waals surface area contributed by atoms with Crippen molar-refractivity contribution in [2.75, 3.05) is 12.0 Å². The maximum absolute atomic E-state index is 11.2. The van der Waals surface area contributed by atoms with Crippen molar-refractivity contribution in [3.8, 4) is 11.4 Å². The van der Waals surface area contributed by atoms with E-state index in [0.717, 1.165) is 5.56 Å². The van der Waals surface area contributed by atoms with Crippen LogP contribution in [-0.4, -0.2) is 35.2 Å². The molecule has 0 saturated carbocycles. The lowest BCUT2D eigenvalue weighted by Gasteiger charge is -2.09. The molecule has 0 aliphatic heterocycles. The summed E-state index contributed by atoms with van der Waals surface area (Å²) in [6, 6.07) is 9.14. The molecule has 20 heavy (non-hydrogen) atoms. The van der Waals surface area contributed by atoms with Crippen molar-refractivity contribution in [2.24, 2.45) is 12.8 Å². The topological polar surface area (TPSA) is 90.9 Å². The Morgan fingerprint density at radius 3 is 2.55 bits per heavy atom. The summed E-state index contributed by atoms with van der Waals surface area (Å²) in [5.41, 5.74) is 6.91. The van der Waals surface area contributed by atoms with Gasteiger partial charge in [0.2, 0.25) is 0 Å². The maximum atomic E-state index is 11.2. The Bertz CT molecular complexity index is 680. The summed E-state index contributed by atoms with van der Waals surface area (Å²) in [5, 5.41) is 4.32. The van der Waals surface area contributed by atoms with Gasteiger partial charge in [0, 0.05) is 18.9 Å². The van der Waals surface area contributed by atoms with Gasteiger partial charge >= 0.3 is 0 Å².